The van der Waals surface area contributed by atoms with Gasteiger partial charge in [0.15, 0.2) is 0 Å². The summed E-state index contributed by atoms with van der Waals surface area (Å²) in [5.41, 5.74) is 1.36. The maximum atomic E-state index is 5.38. The van der Waals surface area contributed by atoms with Crippen LogP contribution < -0.4 is 5.32 Å². The van der Waals surface area contributed by atoms with Crippen LogP contribution in [0.15, 0.2) is 53.1 Å². The molecule has 1 aromatic heterocycles. The number of hydrogen-bond donors (Lipinski definition) is 1. The van der Waals surface area contributed by atoms with E-state index in [4.69, 9.17) is 4.42 Å². The standard InChI is InChI=1S/C15H19NO/c1-12(11-14-7-4-3-5-8-14)16-13(2)15-9-6-10-17-15/h3-10,12-13,16H,11H2,1-2H3/t12?,13-/m1/s1. The molecule has 1 heterocycles. The molecular weight excluding hydrogens is 210 g/mol. The Kier molecular flexibility index (Phi) is 3.99. The van der Waals surface area contributed by atoms with E-state index in [1.807, 2.05) is 18.2 Å². The maximum Gasteiger partial charge on any atom is 0.120 e. The van der Waals surface area contributed by atoms with E-state index in [1.165, 1.54) is 5.56 Å². The topological polar surface area (TPSA) is 25.2 Å². The van der Waals surface area contributed by atoms with Crippen LogP contribution >= 0.6 is 0 Å². The lowest BCUT2D eigenvalue weighted by Crippen LogP contribution is -2.30. The molecule has 90 valence electrons. The van der Waals surface area contributed by atoms with E-state index in [0.29, 0.717) is 6.04 Å². The molecular formula is C15H19NO. The van der Waals surface area contributed by atoms with Crippen molar-refractivity contribution in [3.63, 3.8) is 0 Å². The highest BCUT2D eigenvalue weighted by molar-refractivity contribution is 5.16. The van der Waals surface area contributed by atoms with Crippen molar-refractivity contribution in [3.8, 4) is 0 Å². The Hall–Kier alpha value is -1.54. The first kappa shape index (κ1) is 11.9. The first-order valence-electron chi connectivity index (χ1n) is 6.09. The summed E-state index contributed by atoms with van der Waals surface area (Å²) in [6, 6.07) is 15.2. The third-order valence-corrected chi connectivity index (χ3v) is 2.89. The van der Waals surface area contributed by atoms with Gasteiger partial charge in [0.25, 0.3) is 0 Å². The van der Waals surface area contributed by atoms with Crippen LogP contribution in [0.25, 0.3) is 0 Å². The van der Waals surface area contributed by atoms with Crippen molar-refractivity contribution in [1.82, 2.24) is 5.32 Å². The third kappa shape index (κ3) is 3.46. The van der Waals surface area contributed by atoms with Crippen molar-refractivity contribution < 1.29 is 4.42 Å². The molecule has 0 fully saturated rings. The molecule has 0 amide bonds. The number of hydrogen-bond acceptors (Lipinski definition) is 2. The molecule has 2 heteroatoms. The van der Waals surface area contributed by atoms with E-state index in [2.05, 4.69) is 43.4 Å². The highest BCUT2D eigenvalue weighted by atomic mass is 16.3. The van der Waals surface area contributed by atoms with Gasteiger partial charge in [-0.3, -0.25) is 0 Å². The molecule has 0 aliphatic rings. The Labute approximate surface area is 103 Å². The van der Waals surface area contributed by atoms with Crippen molar-refractivity contribution in [3.05, 3.63) is 60.1 Å². The zero-order valence-electron chi connectivity index (χ0n) is 10.4. The highest BCUT2D eigenvalue weighted by Gasteiger charge is 2.11. The second-order valence-corrected chi connectivity index (χ2v) is 4.49. The van der Waals surface area contributed by atoms with Gasteiger partial charge in [0, 0.05) is 6.04 Å². The van der Waals surface area contributed by atoms with Gasteiger partial charge >= 0.3 is 0 Å². The molecule has 2 aromatic rings. The zero-order chi connectivity index (χ0) is 12.1. The van der Waals surface area contributed by atoms with Gasteiger partial charge in [0.1, 0.15) is 5.76 Å². The number of furan rings is 1. The number of rotatable bonds is 5. The fourth-order valence-corrected chi connectivity index (χ4v) is 2.07. The summed E-state index contributed by atoms with van der Waals surface area (Å²) < 4.78 is 5.38. The molecule has 2 rings (SSSR count). The summed E-state index contributed by atoms with van der Waals surface area (Å²) in [6.45, 7) is 4.33. The van der Waals surface area contributed by atoms with Gasteiger partial charge < -0.3 is 9.73 Å². The van der Waals surface area contributed by atoms with E-state index in [-0.39, 0.29) is 6.04 Å². The van der Waals surface area contributed by atoms with Crippen LogP contribution in [-0.2, 0) is 6.42 Å². The van der Waals surface area contributed by atoms with Gasteiger partial charge in [0.2, 0.25) is 0 Å². The lowest BCUT2D eigenvalue weighted by molar-refractivity contribution is 0.397. The summed E-state index contributed by atoms with van der Waals surface area (Å²) in [7, 11) is 0. The summed E-state index contributed by atoms with van der Waals surface area (Å²) in [5.74, 6) is 0.991. The molecule has 17 heavy (non-hydrogen) atoms. The third-order valence-electron chi connectivity index (χ3n) is 2.89. The predicted molar refractivity (Wildman–Crippen MR) is 69.9 cm³/mol. The fraction of sp³-hybridized carbons (Fsp3) is 0.333. The normalized spacial score (nSPS) is 14.5. The minimum atomic E-state index is 0.253. The molecule has 1 N–H and O–H groups in total. The maximum absolute atomic E-state index is 5.38. The van der Waals surface area contributed by atoms with E-state index >= 15 is 0 Å². The summed E-state index contributed by atoms with van der Waals surface area (Å²) in [6.07, 6.45) is 2.75. The van der Waals surface area contributed by atoms with Crippen LogP contribution in [0.4, 0.5) is 0 Å². The van der Waals surface area contributed by atoms with Gasteiger partial charge in [-0.1, -0.05) is 30.3 Å². The van der Waals surface area contributed by atoms with E-state index < -0.39 is 0 Å². The minimum absolute atomic E-state index is 0.253. The fourth-order valence-electron chi connectivity index (χ4n) is 2.07. The van der Waals surface area contributed by atoms with Gasteiger partial charge in [0.05, 0.1) is 12.3 Å². The molecule has 0 radical (unpaired) electrons. The number of nitrogens with one attached hydrogen (secondary N) is 1. The van der Waals surface area contributed by atoms with Gasteiger partial charge in [-0.2, -0.15) is 0 Å². The lowest BCUT2D eigenvalue weighted by Gasteiger charge is -2.18. The highest BCUT2D eigenvalue weighted by Crippen LogP contribution is 2.14. The van der Waals surface area contributed by atoms with Crippen LogP contribution in [-0.4, -0.2) is 6.04 Å². The first-order chi connectivity index (χ1) is 8.25. The molecule has 0 saturated carbocycles. The lowest BCUT2D eigenvalue weighted by atomic mass is 10.1. The molecule has 2 nitrogen and oxygen atoms in total. The van der Waals surface area contributed by atoms with Crippen molar-refractivity contribution in [2.24, 2.45) is 0 Å². The van der Waals surface area contributed by atoms with Crippen LogP contribution in [0, 0.1) is 0 Å². The molecule has 1 aromatic carbocycles. The molecule has 0 saturated heterocycles. The Morgan fingerprint density at radius 3 is 2.47 bits per heavy atom. The van der Waals surface area contributed by atoms with Gasteiger partial charge in [-0.05, 0) is 38.0 Å². The Morgan fingerprint density at radius 1 is 1.06 bits per heavy atom. The molecule has 0 aliphatic heterocycles. The van der Waals surface area contributed by atoms with E-state index in [9.17, 15) is 0 Å². The van der Waals surface area contributed by atoms with Gasteiger partial charge in [-0.25, -0.2) is 0 Å². The molecule has 0 aliphatic carbocycles. The summed E-state index contributed by atoms with van der Waals surface area (Å²) >= 11 is 0. The monoisotopic (exact) mass is 229 g/mol. The molecule has 2 atom stereocenters. The molecule has 1 unspecified atom stereocenters. The summed E-state index contributed by atoms with van der Waals surface area (Å²) in [5, 5.41) is 3.54. The first-order valence-corrected chi connectivity index (χ1v) is 6.09. The molecule has 0 bridgehead atoms. The Balaban J connectivity index is 1.87. The average molecular weight is 229 g/mol. The second kappa shape index (κ2) is 5.69. The smallest absolute Gasteiger partial charge is 0.120 e. The van der Waals surface area contributed by atoms with Crippen molar-refractivity contribution in [2.75, 3.05) is 0 Å². The van der Waals surface area contributed by atoms with E-state index in [0.717, 1.165) is 12.2 Å². The zero-order valence-corrected chi connectivity index (χ0v) is 10.4. The Bertz CT molecular complexity index is 421. The predicted octanol–water partition coefficient (Wildman–Crippen LogP) is 3.56. The van der Waals surface area contributed by atoms with Crippen LogP contribution in [0.1, 0.15) is 31.2 Å². The van der Waals surface area contributed by atoms with Crippen LogP contribution in [0.2, 0.25) is 0 Å². The van der Waals surface area contributed by atoms with Crippen molar-refractivity contribution in [2.45, 2.75) is 32.4 Å². The van der Waals surface area contributed by atoms with Crippen LogP contribution in [0.3, 0.4) is 0 Å². The van der Waals surface area contributed by atoms with Gasteiger partial charge in [-0.15, -0.1) is 0 Å². The average Bonchev–Trinajstić information content (AvgIpc) is 2.83. The minimum Gasteiger partial charge on any atom is -0.468 e. The van der Waals surface area contributed by atoms with E-state index in [1.54, 1.807) is 6.26 Å². The largest absolute Gasteiger partial charge is 0.468 e. The summed E-state index contributed by atoms with van der Waals surface area (Å²) in [4.78, 5) is 0. The molecule has 0 spiro atoms. The second-order valence-electron chi connectivity index (χ2n) is 4.49. The van der Waals surface area contributed by atoms with Crippen LogP contribution in [0.5, 0.6) is 0 Å². The van der Waals surface area contributed by atoms with Crippen molar-refractivity contribution >= 4 is 0 Å². The van der Waals surface area contributed by atoms with Crippen molar-refractivity contribution in [1.29, 1.82) is 0 Å². The Morgan fingerprint density at radius 2 is 1.82 bits per heavy atom. The SMILES string of the molecule is CC(Cc1ccccc1)N[C@H](C)c1ccco1. The quantitative estimate of drug-likeness (QED) is 0.848. The number of benzene rings is 1.